The van der Waals surface area contributed by atoms with Crippen molar-refractivity contribution in [2.45, 2.75) is 0 Å². The van der Waals surface area contributed by atoms with Crippen molar-refractivity contribution in [3.05, 3.63) is 59.4 Å². The minimum Gasteiger partial charge on any atom is -0.508 e. The molecule has 24 heavy (non-hydrogen) atoms. The summed E-state index contributed by atoms with van der Waals surface area (Å²) in [5.41, 5.74) is 0.564. The lowest BCUT2D eigenvalue weighted by molar-refractivity contribution is 0.0927. The normalized spacial score (nSPS) is 10.1. The summed E-state index contributed by atoms with van der Waals surface area (Å²) in [5, 5.41) is 14.4. The van der Waals surface area contributed by atoms with Gasteiger partial charge in [0.25, 0.3) is 11.8 Å². The highest BCUT2D eigenvalue weighted by molar-refractivity contribution is 5.95. The maximum absolute atomic E-state index is 13.5. The second kappa shape index (κ2) is 7.96. The van der Waals surface area contributed by atoms with Crippen LogP contribution in [0.25, 0.3) is 0 Å². The van der Waals surface area contributed by atoms with E-state index in [0.29, 0.717) is 5.56 Å². The highest BCUT2D eigenvalue weighted by Crippen LogP contribution is 2.17. The lowest BCUT2D eigenvalue weighted by Gasteiger charge is -2.08. The fraction of sp³-hybridized carbons (Fsp3) is 0.176. The molecule has 0 unspecified atom stereocenters. The Balaban J connectivity index is 1.79. The van der Waals surface area contributed by atoms with Crippen molar-refractivity contribution >= 4 is 11.8 Å². The van der Waals surface area contributed by atoms with Gasteiger partial charge in [0, 0.05) is 24.2 Å². The number of ether oxygens (including phenoxy) is 1. The number of aromatic hydroxyl groups is 1. The quantitative estimate of drug-likeness (QED) is 0.703. The maximum Gasteiger partial charge on any atom is 0.251 e. The zero-order chi connectivity index (χ0) is 17.5. The van der Waals surface area contributed by atoms with Crippen LogP contribution < -0.4 is 15.4 Å². The van der Waals surface area contributed by atoms with Crippen LogP contribution in [0.3, 0.4) is 0 Å². The molecule has 2 rings (SSSR count). The van der Waals surface area contributed by atoms with Crippen LogP contribution in [-0.2, 0) is 0 Å². The predicted octanol–water partition coefficient (Wildman–Crippen LogP) is 1.70. The second-order valence-corrected chi connectivity index (χ2v) is 4.91. The SMILES string of the molecule is COc1ccc(C(=O)NCCNC(=O)c2ccc(O)cc2)cc1F. The third-order valence-electron chi connectivity index (χ3n) is 3.24. The van der Waals surface area contributed by atoms with E-state index in [-0.39, 0.29) is 36.1 Å². The Hall–Kier alpha value is -3.09. The van der Waals surface area contributed by atoms with Crippen LogP contribution in [0.4, 0.5) is 4.39 Å². The van der Waals surface area contributed by atoms with Gasteiger partial charge in [0.15, 0.2) is 11.6 Å². The summed E-state index contributed by atoms with van der Waals surface area (Å²) in [4.78, 5) is 23.7. The molecule has 0 aliphatic carbocycles. The first-order chi connectivity index (χ1) is 11.5. The highest BCUT2D eigenvalue weighted by atomic mass is 19.1. The van der Waals surface area contributed by atoms with E-state index >= 15 is 0 Å². The smallest absolute Gasteiger partial charge is 0.251 e. The molecule has 0 aromatic heterocycles. The van der Waals surface area contributed by atoms with Crippen LogP contribution in [0.1, 0.15) is 20.7 Å². The molecule has 0 fully saturated rings. The number of hydrogen-bond acceptors (Lipinski definition) is 4. The van der Waals surface area contributed by atoms with Crippen LogP contribution in [0.2, 0.25) is 0 Å². The first kappa shape index (κ1) is 17.3. The minimum absolute atomic E-state index is 0.0627. The summed E-state index contributed by atoms with van der Waals surface area (Å²) in [5.74, 6) is -1.25. The lowest BCUT2D eigenvalue weighted by Crippen LogP contribution is -2.34. The third kappa shape index (κ3) is 4.45. The van der Waals surface area contributed by atoms with E-state index in [4.69, 9.17) is 9.84 Å². The molecule has 2 aromatic carbocycles. The van der Waals surface area contributed by atoms with Crippen LogP contribution in [0.5, 0.6) is 11.5 Å². The first-order valence-corrected chi connectivity index (χ1v) is 7.20. The van der Waals surface area contributed by atoms with Gasteiger partial charge in [-0.25, -0.2) is 4.39 Å². The number of methoxy groups -OCH3 is 1. The zero-order valence-electron chi connectivity index (χ0n) is 13.0. The van der Waals surface area contributed by atoms with Gasteiger partial charge in [0.05, 0.1) is 7.11 Å². The summed E-state index contributed by atoms with van der Waals surface area (Å²) >= 11 is 0. The molecule has 0 heterocycles. The summed E-state index contributed by atoms with van der Waals surface area (Å²) in [6, 6.07) is 9.71. The average Bonchev–Trinajstić information content (AvgIpc) is 2.58. The molecule has 0 aliphatic heterocycles. The number of phenols is 1. The Kier molecular flexibility index (Phi) is 5.73. The van der Waals surface area contributed by atoms with Crippen LogP contribution in [-0.4, -0.2) is 37.1 Å². The Morgan fingerprint density at radius 3 is 2.08 bits per heavy atom. The summed E-state index contributed by atoms with van der Waals surface area (Å²) in [6.45, 7) is 0.403. The van der Waals surface area contributed by atoms with Crippen molar-refractivity contribution in [3.63, 3.8) is 0 Å². The molecule has 126 valence electrons. The predicted molar refractivity (Wildman–Crippen MR) is 85.7 cm³/mol. The van der Waals surface area contributed by atoms with E-state index in [1.807, 2.05) is 0 Å². The van der Waals surface area contributed by atoms with E-state index in [9.17, 15) is 14.0 Å². The molecule has 0 atom stereocenters. The number of amides is 2. The zero-order valence-corrected chi connectivity index (χ0v) is 13.0. The fourth-order valence-electron chi connectivity index (χ4n) is 1.98. The summed E-state index contributed by atoms with van der Waals surface area (Å²) < 4.78 is 18.3. The number of hydrogen-bond donors (Lipinski definition) is 3. The molecule has 2 amide bonds. The molecular weight excluding hydrogens is 315 g/mol. The third-order valence-corrected chi connectivity index (χ3v) is 3.24. The highest BCUT2D eigenvalue weighted by Gasteiger charge is 2.10. The molecule has 3 N–H and O–H groups in total. The van der Waals surface area contributed by atoms with E-state index in [0.717, 1.165) is 6.07 Å². The molecule has 0 saturated carbocycles. The van der Waals surface area contributed by atoms with Gasteiger partial charge in [-0.05, 0) is 42.5 Å². The van der Waals surface area contributed by atoms with Crippen LogP contribution >= 0.6 is 0 Å². The molecular formula is C17H17FN2O4. The number of benzene rings is 2. The van der Waals surface area contributed by atoms with Crippen LogP contribution in [0, 0.1) is 5.82 Å². The Bertz CT molecular complexity index is 732. The minimum atomic E-state index is -0.620. The van der Waals surface area contributed by atoms with Gasteiger partial charge in [-0.15, -0.1) is 0 Å². The summed E-state index contributed by atoms with van der Waals surface area (Å²) in [7, 11) is 1.34. The number of nitrogens with one attached hydrogen (secondary N) is 2. The molecule has 0 radical (unpaired) electrons. The van der Waals surface area contributed by atoms with E-state index in [1.54, 1.807) is 0 Å². The molecule has 2 aromatic rings. The van der Waals surface area contributed by atoms with E-state index < -0.39 is 11.7 Å². The standard InChI is InChI=1S/C17H17FN2O4/c1-24-15-7-4-12(10-14(15)18)17(23)20-9-8-19-16(22)11-2-5-13(21)6-3-11/h2-7,10,21H,8-9H2,1H3,(H,19,22)(H,20,23). The van der Waals surface area contributed by atoms with E-state index in [1.165, 1.54) is 43.5 Å². The van der Waals surface area contributed by atoms with Gasteiger partial charge in [0.1, 0.15) is 5.75 Å². The number of phenolic OH excluding ortho intramolecular Hbond substituents is 1. The Morgan fingerprint density at radius 2 is 1.54 bits per heavy atom. The topological polar surface area (TPSA) is 87.7 Å². The number of halogens is 1. The van der Waals surface area contributed by atoms with Gasteiger partial charge < -0.3 is 20.5 Å². The molecule has 6 nitrogen and oxygen atoms in total. The first-order valence-electron chi connectivity index (χ1n) is 7.20. The largest absolute Gasteiger partial charge is 0.508 e. The molecule has 0 aliphatic rings. The Labute approximate surface area is 138 Å². The number of carbonyl (C=O) groups is 2. The molecule has 0 spiro atoms. The van der Waals surface area contributed by atoms with Gasteiger partial charge in [-0.2, -0.15) is 0 Å². The number of carbonyl (C=O) groups excluding carboxylic acids is 2. The van der Waals surface area contributed by atoms with Crippen molar-refractivity contribution in [3.8, 4) is 11.5 Å². The van der Waals surface area contributed by atoms with Crippen LogP contribution in [0.15, 0.2) is 42.5 Å². The lowest BCUT2D eigenvalue weighted by atomic mass is 10.2. The average molecular weight is 332 g/mol. The van der Waals surface area contributed by atoms with Crippen molar-refractivity contribution in [2.75, 3.05) is 20.2 Å². The van der Waals surface area contributed by atoms with Crippen molar-refractivity contribution in [1.29, 1.82) is 0 Å². The van der Waals surface area contributed by atoms with Crippen molar-refractivity contribution < 1.29 is 23.8 Å². The number of rotatable bonds is 6. The van der Waals surface area contributed by atoms with Crippen molar-refractivity contribution in [1.82, 2.24) is 10.6 Å². The Morgan fingerprint density at radius 1 is 1.00 bits per heavy atom. The van der Waals surface area contributed by atoms with Gasteiger partial charge in [-0.1, -0.05) is 0 Å². The fourth-order valence-corrected chi connectivity index (χ4v) is 1.98. The molecule has 7 heteroatoms. The molecule has 0 bridgehead atoms. The van der Waals surface area contributed by atoms with Gasteiger partial charge in [0.2, 0.25) is 0 Å². The van der Waals surface area contributed by atoms with Crippen molar-refractivity contribution in [2.24, 2.45) is 0 Å². The second-order valence-electron chi connectivity index (χ2n) is 4.91. The molecule has 0 saturated heterocycles. The monoisotopic (exact) mass is 332 g/mol. The summed E-state index contributed by atoms with van der Waals surface area (Å²) in [6.07, 6.45) is 0. The van der Waals surface area contributed by atoms with Gasteiger partial charge in [-0.3, -0.25) is 9.59 Å². The van der Waals surface area contributed by atoms with Gasteiger partial charge >= 0.3 is 0 Å². The van der Waals surface area contributed by atoms with E-state index in [2.05, 4.69) is 10.6 Å². The maximum atomic E-state index is 13.5.